The first-order chi connectivity index (χ1) is 19.6. The molecular weight excluding hydrogens is 506 g/mol. The van der Waals surface area contributed by atoms with Crippen LogP contribution < -0.4 is 18.9 Å². The highest BCUT2D eigenvalue weighted by Crippen LogP contribution is 2.38. The number of methoxy groups -OCH3 is 3. The Morgan fingerprint density at radius 3 is 2.27 bits per heavy atom. The third-order valence-corrected chi connectivity index (χ3v) is 7.32. The Bertz CT molecular complexity index is 1450. The van der Waals surface area contributed by atoms with Crippen LogP contribution in [0.2, 0.25) is 0 Å². The molecule has 1 aromatic heterocycles. The number of carbonyl (C=O) groups excluding carboxylic acids is 1. The molecule has 3 aromatic carbocycles. The molecule has 0 bridgehead atoms. The summed E-state index contributed by atoms with van der Waals surface area (Å²) in [7, 11) is 4.72. The normalized spacial score (nSPS) is 14.0. The minimum absolute atomic E-state index is 0.00256. The highest BCUT2D eigenvalue weighted by atomic mass is 16.5. The van der Waals surface area contributed by atoms with E-state index in [0.717, 1.165) is 47.6 Å². The molecule has 1 aliphatic rings. The van der Waals surface area contributed by atoms with Crippen LogP contribution in [0.25, 0.3) is 17.1 Å². The van der Waals surface area contributed by atoms with Crippen molar-refractivity contribution in [1.29, 1.82) is 0 Å². The molecule has 1 fully saturated rings. The third kappa shape index (κ3) is 6.06. The summed E-state index contributed by atoms with van der Waals surface area (Å²) in [6.07, 6.45) is 5.25. The molecule has 0 radical (unpaired) electrons. The lowest BCUT2D eigenvalue weighted by Crippen LogP contribution is -2.38. The average Bonchev–Trinajstić information content (AvgIpc) is 3.36. The first-order valence-corrected chi connectivity index (χ1v) is 13.5. The standard InChI is InChI=1S/C32H35N3O5/c1-37-28-19-24(20-29(38-2)32(28)39-3)13-14-31(36)34-17-15-23(16-18-34)21-35-27-12-8-7-11-26(27)33-30(35)22-40-25-9-5-4-6-10-25/h4-14,19-20,23H,15-18,21-22H2,1-3H3/b14-13+. The van der Waals surface area contributed by atoms with Gasteiger partial charge in [0, 0.05) is 25.7 Å². The molecule has 40 heavy (non-hydrogen) atoms. The summed E-state index contributed by atoms with van der Waals surface area (Å²) in [5.74, 6) is 3.81. The van der Waals surface area contributed by atoms with E-state index < -0.39 is 0 Å². The van der Waals surface area contributed by atoms with E-state index in [2.05, 4.69) is 10.6 Å². The van der Waals surface area contributed by atoms with Gasteiger partial charge in [0.1, 0.15) is 18.2 Å². The second-order valence-corrected chi connectivity index (χ2v) is 9.79. The van der Waals surface area contributed by atoms with Gasteiger partial charge in [-0.15, -0.1) is 0 Å². The monoisotopic (exact) mass is 541 g/mol. The Balaban J connectivity index is 1.22. The summed E-state index contributed by atoms with van der Waals surface area (Å²) in [4.78, 5) is 19.8. The van der Waals surface area contributed by atoms with Crippen molar-refractivity contribution >= 4 is 23.0 Å². The molecule has 1 aliphatic heterocycles. The first kappa shape index (κ1) is 27.1. The number of piperidine rings is 1. The molecule has 0 saturated carbocycles. The zero-order valence-corrected chi connectivity index (χ0v) is 23.2. The van der Waals surface area contributed by atoms with Crippen LogP contribution in [0.5, 0.6) is 23.0 Å². The highest BCUT2D eigenvalue weighted by molar-refractivity contribution is 5.92. The van der Waals surface area contributed by atoms with Crippen LogP contribution in [0, 0.1) is 5.92 Å². The van der Waals surface area contributed by atoms with Gasteiger partial charge in [-0.1, -0.05) is 30.3 Å². The maximum Gasteiger partial charge on any atom is 0.246 e. The van der Waals surface area contributed by atoms with Crippen molar-refractivity contribution < 1.29 is 23.7 Å². The maximum atomic E-state index is 13.0. The number of benzene rings is 3. The van der Waals surface area contributed by atoms with Crippen LogP contribution in [0.15, 0.2) is 72.8 Å². The van der Waals surface area contributed by atoms with Crippen molar-refractivity contribution in [2.45, 2.75) is 26.0 Å². The topological polar surface area (TPSA) is 75.1 Å². The van der Waals surface area contributed by atoms with Crippen LogP contribution >= 0.6 is 0 Å². The van der Waals surface area contributed by atoms with Gasteiger partial charge in [-0.2, -0.15) is 0 Å². The zero-order valence-electron chi connectivity index (χ0n) is 23.2. The Morgan fingerprint density at radius 2 is 1.60 bits per heavy atom. The van der Waals surface area contributed by atoms with Crippen molar-refractivity contribution in [2.75, 3.05) is 34.4 Å². The summed E-state index contributed by atoms with van der Waals surface area (Å²) >= 11 is 0. The van der Waals surface area contributed by atoms with E-state index in [4.69, 9.17) is 23.9 Å². The molecule has 1 saturated heterocycles. The molecule has 0 atom stereocenters. The Morgan fingerprint density at radius 1 is 0.925 bits per heavy atom. The van der Waals surface area contributed by atoms with Gasteiger partial charge in [0.05, 0.1) is 32.4 Å². The summed E-state index contributed by atoms with van der Waals surface area (Å²) in [5, 5.41) is 0. The summed E-state index contributed by atoms with van der Waals surface area (Å²) < 4.78 is 24.5. The molecule has 0 spiro atoms. The number of aromatic nitrogens is 2. The molecule has 2 heterocycles. The molecule has 4 aromatic rings. The van der Waals surface area contributed by atoms with Gasteiger partial charge in [-0.05, 0) is 66.8 Å². The van der Waals surface area contributed by atoms with Crippen molar-refractivity contribution in [2.24, 2.45) is 5.92 Å². The largest absolute Gasteiger partial charge is 0.493 e. The molecule has 8 heteroatoms. The van der Waals surface area contributed by atoms with Crippen molar-refractivity contribution in [3.63, 3.8) is 0 Å². The number of hydrogen-bond donors (Lipinski definition) is 0. The van der Waals surface area contributed by atoms with E-state index in [0.29, 0.717) is 42.9 Å². The SMILES string of the molecule is COc1cc(/C=C/C(=O)N2CCC(Cn3c(COc4ccccc4)nc4ccccc43)CC2)cc(OC)c1OC. The minimum Gasteiger partial charge on any atom is -0.493 e. The van der Waals surface area contributed by atoms with Gasteiger partial charge in [0.2, 0.25) is 11.7 Å². The van der Waals surface area contributed by atoms with Gasteiger partial charge in [0.15, 0.2) is 11.5 Å². The molecule has 0 N–H and O–H groups in total. The van der Waals surface area contributed by atoms with Crippen molar-refractivity contribution in [1.82, 2.24) is 14.5 Å². The van der Waals surface area contributed by atoms with Crippen LogP contribution in [0.4, 0.5) is 0 Å². The lowest BCUT2D eigenvalue weighted by atomic mass is 9.96. The van der Waals surface area contributed by atoms with Gasteiger partial charge >= 0.3 is 0 Å². The summed E-state index contributed by atoms with van der Waals surface area (Å²) in [6, 6.07) is 21.7. The van der Waals surface area contributed by atoms with Gasteiger partial charge in [-0.3, -0.25) is 4.79 Å². The fraction of sp³-hybridized carbons (Fsp3) is 0.312. The van der Waals surface area contributed by atoms with Gasteiger partial charge in [-0.25, -0.2) is 4.98 Å². The van der Waals surface area contributed by atoms with Crippen LogP contribution in [0.3, 0.4) is 0 Å². The number of hydrogen-bond acceptors (Lipinski definition) is 6. The quantitative estimate of drug-likeness (QED) is 0.244. The molecule has 208 valence electrons. The zero-order chi connectivity index (χ0) is 27.9. The molecule has 0 aliphatic carbocycles. The van der Waals surface area contributed by atoms with E-state index in [9.17, 15) is 4.79 Å². The van der Waals surface area contributed by atoms with Crippen molar-refractivity contribution in [3.05, 3.63) is 84.2 Å². The number of rotatable bonds is 10. The maximum absolute atomic E-state index is 13.0. The fourth-order valence-corrected chi connectivity index (χ4v) is 5.17. The van der Waals surface area contributed by atoms with E-state index in [1.165, 1.54) is 0 Å². The number of para-hydroxylation sites is 3. The Labute approximate surface area is 234 Å². The Hall–Kier alpha value is -4.46. The first-order valence-electron chi connectivity index (χ1n) is 13.5. The second kappa shape index (κ2) is 12.6. The number of carbonyl (C=O) groups is 1. The predicted molar refractivity (Wildman–Crippen MR) is 155 cm³/mol. The number of ether oxygens (including phenoxy) is 4. The fourth-order valence-electron chi connectivity index (χ4n) is 5.17. The smallest absolute Gasteiger partial charge is 0.246 e. The number of nitrogens with zero attached hydrogens (tertiary/aromatic N) is 3. The average molecular weight is 542 g/mol. The van der Waals surface area contributed by atoms with E-state index in [1.807, 2.05) is 65.6 Å². The lowest BCUT2D eigenvalue weighted by molar-refractivity contribution is -0.127. The molecule has 0 unspecified atom stereocenters. The van der Waals surface area contributed by atoms with E-state index >= 15 is 0 Å². The van der Waals surface area contributed by atoms with Crippen LogP contribution in [-0.4, -0.2) is 54.8 Å². The third-order valence-electron chi connectivity index (χ3n) is 7.32. The van der Waals surface area contributed by atoms with Gasteiger partial charge < -0.3 is 28.4 Å². The second-order valence-electron chi connectivity index (χ2n) is 9.79. The summed E-state index contributed by atoms with van der Waals surface area (Å²) in [6.45, 7) is 2.68. The van der Waals surface area contributed by atoms with Crippen LogP contribution in [-0.2, 0) is 17.9 Å². The number of fused-ring (bicyclic) bond motifs is 1. The van der Waals surface area contributed by atoms with E-state index in [-0.39, 0.29) is 5.91 Å². The molecule has 8 nitrogen and oxygen atoms in total. The van der Waals surface area contributed by atoms with Crippen molar-refractivity contribution in [3.8, 4) is 23.0 Å². The van der Waals surface area contributed by atoms with Gasteiger partial charge in [0.25, 0.3) is 0 Å². The molecule has 1 amide bonds. The lowest BCUT2D eigenvalue weighted by Gasteiger charge is -2.32. The number of amides is 1. The molecule has 5 rings (SSSR count). The number of likely N-dealkylation sites (tertiary alicyclic amines) is 1. The highest BCUT2D eigenvalue weighted by Gasteiger charge is 2.24. The number of imidazole rings is 1. The predicted octanol–water partition coefficient (Wildman–Crippen LogP) is 5.59. The Kier molecular flexibility index (Phi) is 8.54. The molecular formula is C32H35N3O5. The van der Waals surface area contributed by atoms with Crippen LogP contribution in [0.1, 0.15) is 24.2 Å². The van der Waals surface area contributed by atoms with E-state index in [1.54, 1.807) is 33.5 Å². The minimum atomic E-state index is -0.00256. The summed E-state index contributed by atoms with van der Waals surface area (Å²) in [5.41, 5.74) is 2.88.